The molecule has 13 atom stereocenters. The lowest BCUT2D eigenvalue weighted by atomic mass is 9.72. The van der Waals surface area contributed by atoms with Crippen LogP contribution in [0.2, 0.25) is 0 Å². The number of carbonyl (C=O) groups is 13. The van der Waals surface area contributed by atoms with E-state index in [-0.39, 0.29) is 60.4 Å². The summed E-state index contributed by atoms with van der Waals surface area (Å²) in [6.45, 7) is 32.0. The molecule has 134 heavy (non-hydrogen) atoms. The van der Waals surface area contributed by atoms with E-state index in [0.717, 1.165) is 63.1 Å². The second kappa shape index (κ2) is 43.5. The van der Waals surface area contributed by atoms with Crippen LogP contribution in [0, 0.1) is 34.0 Å². The van der Waals surface area contributed by atoms with E-state index in [4.69, 9.17) is 33.9 Å². The van der Waals surface area contributed by atoms with Crippen LogP contribution in [0.25, 0.3) is 50.9 Å². The number of carbonyl (C=O) groups excluding carboxylic acids is 13. The summed E-state index contributed by atoms with van der Waals surface area (Å²) in [5.74, 6) is -5.43. The number of amides is 10. The molecule has 9 N–H and O–H groups in total. The van der Waals surface area contributed by atoms with Gasteiger partial charge in [0, 0.05) is 48.9 Å². The van der Waals surface area contributed by atoms with E-state index in [1.165, 1.54) is 15.0 Å². The molecule has 33 nitrogen and oxygen atoms in total. The number of cyclic esters (lactones) is 3. The minimum absolute atomic E-state index is 0.169. The Labute approximate surface area is 784 Å². The minimum atomic E-state index is -1.05. The first-order chi connectivity index (χ1) is 63.5. The number of fused-ring (bicyclic) bond motifs is 12. The summed E-state index contributed by atoms with van der Waals surface area (Å²) >= 11 is 0. The molecule has 4 saturated heterocycles. The molecule has 15 bridgehead atoms. The number of likely N-dealkylation sites (tertiary alicyclic amines) is 1. The number of hydrazine groups is 3. The molecule has 8 aliphatic rings. The monoisotopic (exact) mass is 1840 g/mol. The zero-order chi connectivity index (χ0) is 97.0. The van der Waals surface area contributed by atoms with E-state index in [0.29, 0.717) is 113 Å². The van der Waals surface area contributed by atoms with Gasteiger partial charge in [0.2, 0.25) is 35.4 Å². The second-order valence-corrected chi connectivity index (χ2v) is 39.2. The first-order valence-electron chi connectivity index (χ1n) is 47.5. The molecular weight excluding hydrogens is 1710 g/mol. The van der Waals surface area contributed by atoms with E-state index < -0.39 is 142 Å². The normalized spacial score (nSPS) is 27.1. The smallest absolute Gasteiger partial charge is 0.410 e. The van der Waals surface area contributed by atoms with Gasteiger partial charge in [-0.15, -0.1) is 0 Å². The highest BCUT2D eigenvalue weighted by atomic mass is 16.6. The molecule has 1 aliphatic carbocycles. The van der Waals surface area contributed by atoms with Crippen LogP contribution >= 0.6 is 0 Å². The van der Waals surface area contributed by atoms with Crippen molar-refractivity contribution in [2.24, 2.45) is 34.0 Å². The van der Waals surface area contributed by atoms with E-state index in [9.17, 15) is 62.3 Å². The maximum atomic E-state index is 14.3. The van der Waals surface area contributed by atoms with E-state index >= 15 is 0 Å². The molecular formula is C101H134N16O17. The van der Waals surface area contributed by atoms with Crippen molar-refractivity contribution in [1.29, 1.82) is 0 Å². The number of esters is 3. The van der Waals surface area contributed by atoms with Gasteiger partial charge < -0.3 is 55.7 Å². The van der Waals surface area contributed by atoms with Crippen molar-refractivity contribution in [3.8, 4) is 0 Å². The Bertz CT molecular complexity index is 5480. The molecule has 10 amide bonds. The van der Waals surface area contributed by atoms with Gasteiger partial charge in [-0.2, -0.15) is 0 Å². The minimum Gasteiger partial charge on any atom is -0.455 e. The summed E-state index contributed by atoms with van der Waals surface area (Å²) in [4.78, 5) is 190. The van der Waals surface area contributed by atoms with Crippen LogP contribution in [0.4, 0.5) is 4.79 Å². The number of hydrogen-bond acceptors (Lipinski definition) is 23. The number of nitrogens with one attached hydrogen (secondary N) is 9. The third kappa shape index (κ3) is 24.9. The Morgan fingerprint density at radius 3 is 1.10 bits per heavy atom. The molecule has 1 saturated carbocycles. The molecule has 33 heteroatoms. The summed E-state index contributed by atoms with van der Waals surface area (Å²) in [6, 6.07) is 21.4. The number of benzene rings is 3. The van der Waals surface area contributed by atoms with Crippen LogP contribution < -0.4 is 48.2 Å². The number of rotatable bonds is 4. The van der Waals surface area contributed by atoms with Gasteiger partial charge in [-0.05, 0) is 211 Å². The Kier molecular flexibility index (Phi) is 32.7. The molecule has 3 aromatic carbocycles. The van der Waals surface area contributed by atoms with Gasteiger partial charge in [-0.25, -0.2) is 36.0 Å². The highest BCUT2D eigenvalue weighted by molar-refractivity contribution is 5.98. The molecule has 720 valence electrons. The third-order valence-electron chi connectivity index (χ3n) is 26.4. The SMILES string of the molecule is CC(C)[C@@H]1NC(=O)C2(/C=C/c3ccc4ccc(nc4c3)[C@@H](C)OC(=O)[C@@H]3CCCN(N3)C(=O)[C@H](C)NC1=O)CCCCC2.CC(C)[C@@H]1NC(=O)C2(/C=C/c3ccc4ccc(nc4c3)[C@@H](C)OC(=O)[C@@H]3CCCN(N3)C(=O)[C@H](C)NC1=O)CCN(C(=O)OC(C)(C)C)CC2.CC[C@H](C)[C@@H]1NC(=O)C(C)(C)/C=C/c2ccc3ccc(nc3c2)[C@@H](C)OC(=O)[C@@H]2CCCN(N2)C(=O)[C@H](C)NC1=O. The number of hydrogen-bond donors (Lipinski definition) is 9. The predicted molar refractivity (Wildman–Crippen MR) is 506 cm³/mol. The van der Waals surface area contributed by atoms with Crippen LogP contribution in [-0.4, -0.2) is 205 Å². The van der Waals surface area contributed by atoms with Gasteiger partial charge in [-0.3, -0.25) is 72.6 Å². The van der Waals surface area contributed by atoms with Crippen molar-refractivity contribution in [2.45, 2.75) is 286 Å². The van der Waals surface area contributed by atoms with Gasteiger partial charge in [0.1, 0.15) is 78.3 Å². The molecule has 0 unspecified atom stereocenters. The number of piperidine rings is 1. The van der Waals surface area contributed by atoms with Crippen molar-refractivity contribution in [2.75, 3.05) is 32.7 Å². The van der Waals surface area contributed by atoms with Gasteiger partial charge in [-0.1, -0.05) is 158 Å². The first-order valence-corrected chi connectivity index (χ1v) is 47.5. The Morgan fingerprint density at radius 1 is 0.425 bits per heavy atom. The van der Waals surface area contributed by atoms with E-state index in [1.54, 1.807) is 66.4 Å². The lowest BCUT2D eigenvalue weighted by molar-refractivity contribution is -0.158. The number of pyridine rings is 3. The predicted octanol–water partition coefficient (Wildman–Crippen LogP) is 11.4. The summed E-state index contributed by atoms with van der Waals surface area (Å²) in [5, 5.41) is 24.2. The van der Waals surface area contributed by atoms with E-state index in [2.05, 4.69) is 48.2 Å². The number of nitrogens with zero attached hydrogens (tertiary/aromatic N) is 7. The maximum Gasteiger partial charge on any atom is 0.410 e. The number of aromatic nitrogens is 3. The fourth-order valence-corrected chi connectivity index (χ4v) is 17.6. The average molecular weight is 1840 g/mol. The molecule has 6 aromatic rings. The fraction of sp³-hybridized carbons (Fsp3) is 0.545. The Morgan fingerprint density at radius 2 is 0.754 bits per heavy atom. The quantitative estimate of drug-likeness (QED) is 0.0585. The van der Waals surface area contributed by atoms with Crippen molar-refractivity contribution in [1.82, 2.24) is 83.1 Å². The van der Waals surface area contributed by atoms with Gasteiger partial charge in [0.25, 0.3) is 17.7 Å². The van der Waals surface area contributed by atoms with Crippen molar-refractivity contribution >= 4 is 128 Å². The lowest BCUT2D eigenvalue weighted by Gasteiger charge is -2.40. The third-order valence-corrected chi connectivity index (χ3v) is 26.4. The fourth-order valence-electron chi connectivity index (χ4n) is 17.6. The topological polar surface area (TPSA) is 419 Å². The van der Waals surface area contributed by atoms with Crippen LogP contribution in [0.5, 0.6) is 0 Å². The second-order valence-electron chi connectivity index (χ2n) is 39.2. The van der Waals surface area contributed by atoms with Crippen LogP contribution in [0.3, 0.4) is 0 Å². The van der Waals surface area contributed by atoms with Crippen LogP contribution in [-0.2, 0) is 76.5 Å². The summed E-state index contributed by atoms with van der Waals surface area (Å²) < 4.78 is 23.0. The molecule has 10 heterocycles. The Balaban J connectivity index is 0.000000182. The first kappa shape index (κ1) is 101. The molecule has 2 spiro atoms. The van der Waals surface area contributed by atoms with Crippen molar-refractivity contribution in [3.63, 3.8) is 0 Å². The van der Waals surface area contributed by atoms with Gasteiger partial charge >= 0.3 is 24.0 Å². The largest absolute Gasteiger partial charge is 0.455 e. The summed E-state index contributed by atoms with van der Waals surface area (Å²) in [6.07, 6.45) is 17.9. The number of ether oxygens (including phenoxy) is 4. The molecule has 7 aliphatic heterocycles. The lowest BCUT2D eigenvalue weighted by Crippen LogP contribution is -2.61. The molecule has 0 radical (unpaired) electrons. The zero-order valence-electron chi connectivity index (χ0n) is 80.3. The highest BCUT2D eigenvalue weighted by Crippen LogP contribution is 2.41. The summed E-state index contributed by atoms with van der Waals surface area (Å²) in [7, 11) is 0. The van der Waals surface area contributed by atoms with E-state index in [1.807, 2.05) is 184 Å². The highest BCUT2D eigenvalue weighted by Gasteiger charge is 2.46. The maximum absolute atomic E-state index is 14.3. The van der Waals surface area contributed by atoms with Crippen LogP contribution in [0.1, 0.15) is 260 Å². The average Bonchev–Trinajstić information content (AvgIpc) is 0.863. The molecule has 3 aromatic heterocycles. The van der Waals surface area contributed by atoms with Crippen LogP contribution in [0.15, 0.2) is 109 Å². The standard InChI is InChI=1S/C37H50N6O7.C33H43N5O5.C31H41N5O5/c1-22(2)30-31(44)38-23(3)32(45)43-18-8-9-28(41-43)33(46)49-24(4)27-13-12-26-11-10-25(21-29(26)39-27)14-15-37(34(47)40-30)16-19-42(20-17-37)35(48)50-36(5,6)7;1-20(2)28-29(39)34-21(3)30(40)38-18-8-9-26(37-38)31(41)43-22(4)25-13-12-24-11-10-23(19-27(24)35-25)14-17-33(32(42)36-28)15-6-5-7-16-33;1-7-18(2)26-27(37)32-19(3)28(38)36-16-8-9-24(35-36)29(39)41-20(4)23-13-12-22-11-10-21(17-25(22)33-23)14-15-31(5,6)30(40)34-26/h10-15,21-24,28,30,41H,8-9,16-20H2,1-7H3,(H,38,44)(H,40,47);10-14,17,19-22,26,28,37H,5-9,15-16,18H2,1-4H3,(H,34,39)(H,36,42);10-15,17-20,24,26,35H,7-9,16H2,1-6H3,(H,32,37)(H,34,40)/b15-14+;17-14+;15-14+/t23-,24+,28-,30-;21-,22+,26-,28-;18-,19-,20+,24-,26-/m000/s1. The van der Waals surface area contributed by atoms with Gasteiger partial charge in [0.05, 0.1) is 49.9 Å². The zero-order valence-corrected chi connectivity index (χ0v) is 80.3. The van der Waals surface area contributed by atoms with Crippen molar-refractivity contribution in [3.05, 3.63) is 143 Å². The molecule has 5 fully saturated rings. The molecule has 14 rings (SSSR count). The summed E-state index contributed by atoms with van der Waals surface area (Å²) in [5.41, 5.74) is 12.1. The Hall–Kier alpha value is -12.1. The van der Waals surface area contributed by atoms with Crippen molar-refractivity contribution < 1.29 is 81.3 Å². The van der Waals surface area contributed by atoms with Gasteiger partial charge in [0.15, 0.2) is 0 Å².